The Labute approximate surface area is 186 Å². The molecule has 2 saturated heterocycles. The van der Waals surface area contributed by atoms with Crippen molar-refractivity contribution in [2.75, 3.05) is 26.1 Å². The number of nitrogens with zero attached hydrogens (tertiary/aromatic N) is 6. The van der Waals surface area contributed by atoms with Crippen molar-refractivity contribution in [2.45, 2.75) is 43.2 Å². The molecule has 0 radical (unpaired) electrons. The average molecular weight is 439 g/mol. The van der Waals surface area contributed by atoms with Gasteiger partial charge in [0.05, 0.1) is 29.9 Å². The predicted octanol–water partition coefficient (Wildman–Crippen LogP) is 2.67. The predicted molar refractivity (Wildman–Crippen MR) is 119 cm³/mol. The van der Waals surface area contributed by atoms with E-state index in [1.165, 1.54) is 0 Å². The number of alkyl halides is 1. The molecule has 2 unspecified atom stereocenters. The van der Waals surface area contributed by atoms with Crippen molar-refractivity contribution in [2.24, 2.45) is 0 Å². The van der Waals surface area contributed by atoms with E-state index in [4.69, 9.17) is 4.74 Å². The summed E-state index contributed by atoms with van der Waals surface area (Å²) in [5, 5.41) is 19.2. The van der Waals surface area contributed by atoms with Crippen LogP contribution in [0, 0.1) is 0 Å². The standard InChI is InChI=1S/C23H27FN6O2/c1-28-17-11-18(23(24)19(28)12-21(17)32-3)29(2)22-7-6-16(26-27-22)15-5-4-14(10-20(15)31)30-9-8-25-13-30/h4-10,13,17-19,21,23,31H,11-12H2,1-3H3/t17?,18-,19?,21-,23+/m1/s1. The molecule has 0 spiro atoms. The molecule has 2 fully saturated rings. The molecule has 4 heterocycles. The first-order chi connectivity index (χ1) is 15.5. The molecule has 0 aliphatic carbocycles. The minimum Gasteiger partial charge on any atom is -0.507 e. The van der Waals surface area contributed by atoms with E-state index < -0.39 is 6.17 Å². The summed E-state index contributed by atoms with van der Waals surface area (Å²) in [7, 11) is 5.55. The molecular formula is C23H27FN6O2. The number of rotatable bonds is 5. The van der Waals surface area contributed by atoms with Crippen LogP contribution >= 0.6 is 0 Å². The van der Waals surface area contributed by atoms with Gasteiger partial charge in [-0.2, -0.15) is 0 Å². The highest BCUT2D eigenvalue weighted by Crippen LogP contribution is 2.40. The monoisotopic (exact) mass is 438 g/mol. The Morgan fingerprint density at radius 3 is 2.66 bits per heavy atom. The Morgan fingerprint density at radius 1 is 1.16 bits per heavy atom. The van der Waals surface area contributed by atoms with Crippen molar-refractivity contribution in [3.8, 4) is 22.7 Å². The third kappa shape index (κ3) is 3.41. The van der Waals surface area contributed by atoms with Gasteiger partial charge in [0, 0.05) is 50.3 Å². The lowest BCUT2D eigenvalue weighted by Gasteiger charge is -2.43. The number of ether oxygens (including phenoxy) is 1. The molecule has 1 aromatic carbocycles. The van der Waals surface area contributed by atoms with Crippen LogP contribution in [-0.2, 0) is 4.74 Å². The second kappa shape index (κ2) is 8.14. The zero-order valence-corrected chi connectivity index (χ0v) is 18.3. The molecule has 2 bridgehead atoms. The molecule has 9 heteroatoms. The molecule has 168 valence electrons. The molecule has 1 N–H and O–H groups in total. The van der Waals surface area contributed by atoms with Crippen molar-refractivity contribution >= 4 is 5.82 Å². The summed E-state index contributed by atoms with van der Waals surface area (Å²) in [6.45, 7) is 0. The van der Waals surface area contributed by atoms with Crippen molar-refractivity contribution < 1.29 is 14.2 Å². The summed E-state index contributed by atoms with van der Waals surface area (Å²) >= 11 is 0. The highest BCUT2D eigenvalue weighted by Gasteiger charge is 2.52. The van der Waals surface area contributed by atoms with E-state index in [0.717, 1.165) is 5.69 Å². The number of aromatic nitrogens is 4. The van der Waals surface area contributed by atoms with E-state index in [2.05, 4.69) is 20.1 Å². The normalized spacial score (nSPS) is 27.6. The van der Waals surface area contributed by atoms with E-state index in [0.29, 0.717) is 29.9 Å². The first-order valence-corrected chi connectivity index (χ1v) is 10.7. The van der Waals surface area contributed by atoms with E-state index in [1.54, 1.807) is 44.0 Å². The van der Waals surface area contributed by atoms with Crippen LogP contribution in [0.5, 0.6) is 5.75 Å². The van der Waals surface area contributed by atoms with Crippen LogP contribution in [0.3, 0.4) is 0 Å². The van der Waals surface area contributed by atoms with Crippen LogP contribution < -0.4 is 4.90 Å². The lowest BCUT2D eigenvalue weighted by molar-refractivity contribution is 0.0345. The minimum atomic E-state index is -0.998. The van der Waals surface area contributed by atoms with Gasteiger partial charge < -0.3 is 19.3 Å². The quantitative estimate of drug-likeness (QED) is 0.656. The molecule has 8 nitrogen and oxygen atoms in total. The fourth-order valence-electron chi connectivity index (χ4n) is 5.14. The van der Waals surface area contributed by atoms with Crippen molar-refractivity contribution in [3.63, 3.8) is 0 Å². The van der Waals surface area contributed by atoms with Gasteiger partial charge in [0.15, 0.2) is 5.82 Å². The van der Waals surface area contributed by atoms with Gasteiger partial charge in [-0.05, 0) is 44.2 Å². The van der Waals surface area contributed by atoms with Crippen molar-refractivity contribution in [3.05, 3.63) is 49.1 Å². The van der Waals surface area contributed by atoms with Gasteiger partial charge in [-0.15, -0.1) is 10.2 Å². The molecule has 5 atom stereocenters. The number of hydrogen-bond donors (Lipinski definition) is 1. The van der Waals surface area contributed by atoms with E-state index in [9.17, 15) is 5.11 Å². The number of anilines is 1. The number of fused-ring (bicyclic) bond motifs is 2. The topological polar surface area (TPSA) is 79.5 Å². The third-order valence-corrected chi connectivity index (χ3v) is 7.04. The Kier molecular flexibility index (Phi) is 5.30. The van der Waals surface area contributed by atoms with Crippen LogP contribution in [0.1, 0.15) is 12.8 Å². The summed E-state index contributed by atoms with van der Waals surface area (Å²) < 4.78 is 22.8. The van der Waals surface area contributed by atoms with Crippen LogP contribution in [0.2, 0.25) is 0 Å². The molecule has 0 saturated carbocycles. The molecule has 0 amide bonds. The molecular weight excluding hydrogens is 411 g/mol. The second-order valence-corrected chi connectivity index (χ2v) is 8.62. The molecule has 3 aromatic rings. The number of hydrogen-bond acceptors (Lipinski definition) is 7. The smallest absolute Gasteiger partial charge is 0.151 e. The zero-order valence-electron chi connectivity index (χ0n) is 18.3. The van der Waals surface area contributed by atoms with Crippen LogP contribution in [0.15, 0.2) is 49.1 Å². The van der Waals surface area contributed by atoms with E-state index in [-0.39, 0.29) is 30.0 Å². The number of likely N-dealkylation sites (N-methyl/N-ethyl adjacent to an activating group) is 1. The van der Waals surface area contributed by atoms with Gasteiger partial charge in [0.1, 0.15) is 11.9 Å². The third-order valence-electron chi connectivity index (χ3n) is 7.04. The summed E-state index contributed by atoms with van der Waals surface area (Å²) in [4.78, 5) is 8.03. The Hall–Kier alpha value is -3.04. The number of halogens is 1. The van der Waals surface area contributed by atoms with Crippen LogP contribution in [-0.4, -0.2) is 81.4 Å². The lowest BCUT2D eigenvalue weighted by Crippen LogP contribution is -2.57. The van der Waals surface area contributed by atoms with Crippen LogP contribution in [0.4, 0.5) is 10.2 Å². The zero-order chi connectivity index (χ0) is 22.4. The van der Waals surface area contributed by atoms with Gasteiger partial charge in [0.25, 0.3) is 0 Å². The lowest BCUT2D eigenvalue weighted by atomic mass is 9.94. The van der Waals surface area contributed by atoms with Gasteiger partial charge >= 0.3 is 0 Å². The minimum absolute atomic E-state index is 0.0587. The Bertz CT molecular complexity index is 1070. The summed E-state index contributed by atoms with van der Waals surface area (Å²) in [5.41, 5.74) is 1.93. The Morgan fingerprint density at radius 2 is 2.00 bits per heavy atom. The SMILES string of the molecule is CO[C@@H]1CC2[C@@H](F)[C@H](N(C)c3ccc(-c4ccc(-n5ccnc5)cc4O)nn3)CC1N2C. The molecule has 5 rings (SSSR count). The molecule has 2 aromatic heterocycles. The Balaban J connectivity index is 1.35. The van der Waals surface area contributed by atoms with Gasteiger partial charge in [-0.25, -0.2) is 9.37 Å². The fraction of sp³-hybridized carbons (Fsp3) is 0.435. The number of phenolic OH excluding ortho intramolecular Hbond substituents is 1. The summed E-state index contributed by atoms with van der Waals surface area (Å²) in [5.74, 6) is 0.710. The number of piperidine rings is 1. The average Bonchev–Trinajstić information content (AvgIpc) is 3.41. The molecule has 32 heavy (non-hydrogen) atoms. The maximum absolute atomic E-state index is 15.4. The summed E-state index contributed by atoms with van der Waals surface area (Å²) in [6.07, 6.45) is 5.60. The number of benzene rings is 1. The fourth-order valence-corrected chi connectivity index (χ4v) is 5.14. The van der Waals surface area contributed by atoms with Crippen LogP contribution in [0.25, 0.3) is 16.9 Å². The number of aromatic hydroxyl groups is 1. The number of methoxy groups -OCH3 is 1. The number of imidazole rings is 1. The highest BCUT2D eigenvalue weighted by atomic mass is 19.1. The maximum atomic E-state index is 15.4. The van der Waals surface area contributed by atoms with Crippen molar-refractivity contribution in [1.29, 1.82) is 0 Å². The van der Waals surface area contributed by atoms with Gasteiger partial charge in [-0.3, -0.25) is 4.90 Å². The second-order valence-electron chi connectivity index (χ2n) is 8.62. The highest BCUT2D eigenvalue weighted by molar-refractivity contribution is 5.69. The first-order valence-electron chi connectivity index (χ1n) is 10.7. The molecule has 2 aliphatic heterocycles. The van der Waals surface area contributed by atoms with Crippen molar-refractivity contribution in [1.82, 2.24) is 24.6 Å². The number of phenols is 1. The van der Waals surface area contributed by atoms with E-state index >= 15 is 4.39 Å². The molecule has 2 aliphatic rings. The first kappa shape index (κ1) is 20.8. The van der Waals surface area contributed by atoms with E-state index in [1.807, 2.05) is 35.7 Å². The van der Waals surface area contributed by atoms with Gasteiger partial charge in [-0.1, -0.05) is 0 Å². The summed E-state index contributed by atoms with van der Waals surface area (Å²) in [6, 6.07) is 8.73. The largest absolute Gasteiger partial charge is 0.507 e. The maximum Gasteiger partial charge on any atom is 0.151 e. The van der Waals surface area contributed by atoms with Gasteiger partial charge in [0.2, 0.25) is 0 Å².